The lowest BCUT2D eigenvalue weighted by Crippen LogP contribution is -2.38. The smallest absolute Gasteiger partial charge is 0.417 e. The maximum atomic E-state index is 12.0. The Morgan fingerprint density at radius 1 is 1.37 bits per heavy atom. The number of likely N-dealkylation sites (tertiary alicyclic amines) is 1. The molecule has 2 amide bonds. The third-order valence-corrected chi connectivity index (χ3v) is 2.65. The van der Waals surface area contributed by atoms with Crippen LogP contribution in [0.15, 0.2) is 0 Å². The molecule has 0 aromatic carbocycles. The molecule has 1 saturated heterocycles. The molecule has 0 radical (unpaired) electrons. The van der Waals surface area contributed by atoms with Crippen LogP contribution in [-0.4, -0.2) is 41.6 Å². The number of carbonyl (C=O) groups is 3. The molecule has 1 aliphatic heterocycles. The van der Waals surface area contributed by atoms with E-state index in [1.165, 1.54) is 0 Å². The van der Waals surface area contributed by atoms with Gasteiger partial charge in [-0.3, -0.25) is 9.59 Å². The largest absolute Gasteiger partial charge is 0.466 e. The van der Waals surface area contributed by atoms with Crippen molar-refractivity contribution in [2.24, 2.45) is 5.92 Å². The summed E-state index contributed by atoms with van der Waals surface area (Å²) < 4.78 is 9.95. The van der Waals surface area contributed by atoms with E-state index >= 15 is 0 Å². The first kappa shape index (κ1) is 15.5. The Kier molecular flexibility index (Phi) is 4.91. The minimum atomic E-state index is -0.649. The van der Waals surface area contributed by atoms with Gasteiger partial charge >= 0.3 is 12.1 Å². The molecule has 108 valence electrons. The quantitative estimate of drug-likeness (QED) is 0.731. The first-order valence-electron chi connectivity index (χ1n) is 6.44. The fraction of sp³-hybridized carbons (Fsp3) is 0.769. The molecule has 0 aliphatic carbocycles. The summed E-state index contributed by atoms with van der Waals surface area (Å²) in [4.78, 5) is 36.2. The highest BCUT2D eigenvalue weighted by Crippen LogP contribution is 2.23. The molecule has 19 heavy (non-hydrogen) atoms. The van der Waals surface area contributed by atoms with E-state index in [0.717, 1.165) is 4.90 Å². The van der Waals surface area contributed by atoms with Crippen molar-refractivity contribution < 1.29 is 23.9 Å². The van der Waals surface area contributed by atoms with E-state index < -0.39 is 23.6 Å². The van der Waals surface area contributed by atoms with Crippen LogP contribution >= 0.6 is 0 Å². The molecule has 6 nitrogen and oxygen atoms in total. The number of amides is 2. The zero-order chi connectivity index (χ0) is 14.6. The molecule has 1 fully saturated rings. The van der Waals surface area contributed by atoms with Crippen LogP contribution in [0.4, 0.5) is 4.79 Å². The van der Waals surface area contributed by atoms with Crippen molar-refractivity contribution in [2.75, 3.05) is 13.2 Å². The summed E-state index contributed by atoms with van der Waals surface area (Å²) >= 11 is 0. The summed E-state index contributed by atoms with van der Waals surface area (Å²) in [5, 5.41) is 0. The van der Waals surface area contributed by atoms with Gasteiger partial charge in [0.15, 0.2) is 0 Å². The first-order valence-corrected chi connectivity index (χ1v) is 6.44. The fourth-order valence-corrected chi connectivity index (χ4v) is 1.85. The van der Waals surface area contributed by atoms with Gasteiger partial charge in [-0.15, -0.1) is 0 Å². The molecular weight excluding hydrogens is 250 g/mol. The number of hydrogen-bond acceptors (Lipinski definition) is 5. The Morgan fingerprint density at radius 2 is 2.00 bits per heavy atom. The van der Waals surface area contributed by atoms with Crippen LogP contribution in [0.1, 0.15) is 40.5 Å². The van der Waals surface area contributed by atoms with E-state index in [4.69, 9.17) is 9.47 Å². The second-order valence-electron chi connectivity index (χ2n) is 5.46. The lowest BCUT2D eigenvalue weighted by Gasteiger charge is -2.23. The van der Waals surface area contributed by atoms with Crippen LogP contribution < -0.4 is 0 Å². The van der Waals surface area contributed by atoms with Crippen LogP contribution in [0.25, 0.3) is 0 Å². The monoisotopic (exact) mass is 271 g/mol. The van der Waals surface area contributed by atoms with E-state index in [2.05, 4.69) is 0 Å². The van der Waals surface area contributed by atoms with Gasteiger partial charge in [0, 0.05) is 6.54 Å². The first-order chi connectivity index (χ1) is 8.74. The molecule has 0 bridgehead atoms. The Bertz CT molecular complexity index is 372. The molecule has 1 heterocycles. The number of rotatable bonds is 3. The second kappa shape index (κ2) is 6.04. The van der Waals surface area contributed by atoms with Gasteiger partial charge in [-0.25, -0.2) is 9.69 Å². The van der Waals surface area contributed by atoms with E-state index in [0.29, 0.717) is 6.42 Å². The fourth-order valence-electron chi connectivity index (χ4n) is 1.85. The van der Waals surface area contributed by atoms with Gasteiger partial charge in [0.25, 0.3) is 0 Å². The summed E-state index contributed by atoms with van der Waals surface area (Å²) in [5.41, 5.74) is -0.642. The zero-order valence-electron chi connectivity index (χ0n) is 11.9. The Labute approximate surface area is 113 Å². The number of carbonyl (C=O) groups excluding carboxylic acids is 3. The maximum Gasteiger partial charge on any atom is 0.417 e. The minimum absolute atomic E-state index is 0.0198. The van der Waals surface area contributed by atoms with Gasteiger partial charge in [-0.2, -0.15) is 0 Å². The number of ether oxygens (including phenoxy) is 2. The van der Waals surface area contributed by atoms with Crippen LogP contribution in [0.5, 0.6) is 0 Å². The summed E-state index contributed by atoms with van der Waals surface area (Å²) in [6.45, 7) is 7.50. The standard InChI is InChI=1S/C13H21NO5/c1-5-18-10(15)8-9-6-7-14(11(9)16)12(17)19-13(2,3)4/h9H,5-8H2,1-4H3. The van der Waals surface area contributed by atoms with Crippen LogP contribution in [0.2, 0.25) is 0 Å². The van der Waals surface area contributed by atoms with Crippen LogP contribution in [-0.2, 0) is 19.1 Å². The van der Waals surface area contributed by atoms with Gasteiger partial charge in [-0.1, -0.05) is 0 Å². The lowest BCUT2D eigenvalue weighted by atomic mass is 10.0. The van der Waals surface area contributed by atoms with Crippen molar-refractivity contribution in [2.45, 2.75) is 46.1 Å². The topological polar surface area (TPSA) is 72.9 Å². The second-order valence-corrected chi connectivity index (χ2v) is 5.46. The number of imide groups is 1. The lowest BCUT2D eigenvalue weighted by molar-refractivity contribution is -0.146. The Morgan fingerprint density at radius 3 is 2.53 bits per heavy atom. The average Bonchev–Trinajstić information content (AvgIpc) is 2.58. The number of hydrogen-bond donors (Lipinski definition) is 0. The SMILES string of the molecule is CCOC(=O)CC1CCN(C(=O)OC(C)(C)C)C1=O. The third kappa shape index (κ3) is 4.54. The minimum Gasteiger partial charge on any atom is -0.466 e. The molecule has 0 N–H and O–H groups in total. The highest BCUT2D eigenvalue weighted by atomic mass is 16.6. The molecule has 0 spiro atoms. The van der Waals surface area contributed by atoms with E-state index in [-0.39, 0.29) is 25.5 Å². The van der Waals surface area contributed by atoms with Crippen molar-refractivity contribution in [3.63, 3.8) is 0 Å². The van der Waals surface area contributed by atoms with Gasteiger partial charge < -0.3 is 9.47 Å². The predicted octanol–water partition coefficient (Wildman–Crippen LogP) is 1.72. The highest BCUT2D eigenvalue weighted by Gasteiger charge is 2.38. The summed E-state index contributed by atoms with van der Waals surface area (Å²) in [6.07, 6.45) is -0.160. The molecule has 1 aliphatic rings. The zero-order valence-corrected chi connectivity index (χ0v) is 11.9. The van der Waals surface area contributed by atoms with Gasteiger partial charge in [-0.05, 0) is 34.1 Å². The Balaban J connectivity index is 2.55. The molecule has 0 aromatic rings. The van der Waals surface area contributed by atoms with Crippen LogP contribution in [0, 0.1) is 5.92 Å². The predicted molar refractivity (Wildman–Crippen MR) is 67.3 cm³/mol. The van der Waals surface area contributed by atoms with E-state index in [9.17, 15) is 14.4 Å². The van der Waals surface area contributed by atoms with Crippen molar-refractivity contribution in [1.82, 2.24) is 4.90 Å². The van der Waals surface area contributed by atoms with Gasteiger partial charge in [0.2, 0.25) is 5.91 Å². The van der Waals surface area contributed by atoms with E-state index in [1.54, 1.807) is 27.7 Å². The van der Waals surface area contributed by atoms with Crippen molar-refractivity contribution in [3.05, 3.63) is 0 Å². The number of nitrogens with zero attached hydrogens (tertiary/aromatic N) is 1. The van der Waals surface area contributed by atoms with Gasteiger partial charge in [0.05, 0.1) is 18.9 Å². The maximum absolute atomic E-state index is 12.0. The van der Waals surface area contributed by atoms with Crippen LogP contribution in [0.3, 0.4) is 0 Å². The molecule has 6 heteroatoms. The van der Waals surface area contributed by atoms with Crippen molar-refractivity contribution in [3.8, 4) is 0 Å². The van der Waals surface area contributed by atoms with Crippen molar-refractivity contribution in [1.29, 1.82) is 0 Å². The molecule has 1 rings (SSSR count). The number of esters is 1. The highest BCUT2D eigenvalue weighted by molar-refractivity contribution is 5.96. The summed E-state index contributed by atoms with van der Waals surface area (Å²) in [6, 6.07) is 0. The molecule has 0 aromatic heterocycles. The third-order valence-electron chi connectivity index (χ3n) is 2.65. The molecule has 1 unspecified atom stereocenters. The summed E-state index contributed by atoms with van der Waals surface area (Å²) in [7, 11) is 0. The van der Waals surface area contributed by atoms with E-state index in [1.807, 2.05) is 0 Å². The van der Waals surface area contributed by atoms with Gasteiger partial charge in [0.1, 0.15) is 5.60 Å². The molecule has 0 saturated carbocycles. The molecular formula is C13H21NO5. The van der Waals surface area contributed by atoms with Crippen molar-refractivity contribution >= 4 is 18.0 Å². The normalized spacial score (nSPS) is 19.5. The average molecular weight is 271 g/mol. The summed E-state index contributed by atoms with van der Waals surface area (Å²) in [5.74, 6) is -1.25. The Hall–Kier alpha value is -1.59. The molecule has 1 atom stereocenters.